The predicted octanol–water partition coefficient (Wildman–Crippen LogP) is 7.91. The van der Waals surface area contributed by atoms with Gasteiger partial charge in [-0.15, -0.1) is 0 Å². The highest BCUT2D eigenvalue weighted by atomic mass is 35.5. The van der Waals surface area contributed by atoms with Crippen LogP contribution in [0.5, 0.6) is 5.75 Å². The molecule has 168 valence electrons. The molecule has 0 aliphatic heterocycles. The van der Waals surface area contributed by atoms with E-state index < -0.39 is 16.6 Å². The molecule has 1 atom stereocenters. The highest BCUT2D eigenvalue weighted by Crippen LogP contribution is 2.37. The summed E-state index contributed by atoms with van der Waals surface area (Å²) in [7, 11) is -3.54. The maximum absolute atomic E-state index is 6.46. The van der Waals surface area contributed by atoms with E-state index in [2.05, 4.69) is 67.7 Å². The number of ether oxygens (including phenoxy) is 1. The second kappa shape index (κ2) is 10.3. The topological polar surface area (TPSA) is 27.7 Å². The minimum atomic E-state index is -1.83. The van der Waals surface area contributed by atoms with Crippen molar-refractivity contribution in [1.29, 1.82) is 0 Å². The lowest BCUT2D eigenvalue weighted by Gasteiger charge is -2.37. The highest BCUT2D eigenvalue weighted by molar-refractivity contribution is 6.74. The summed E-state index contributed by atoms with van der Waals surface area (Å²) in [4.78, 5) is 0. The van der Waals surface area contributed by atoms with Crippen LogP contribution >= 0.6 is 11.6 Å². The van der Waals surface area contributed by atoms with Gasteiger partial charge in [0, 0.05) is 11.6 Å². The van der Waals surface area contributed by atoms with Gasteiger partial charge in [0.1, 0.15) is 11.9 Å². The van der Waals surface area contributed by atoms with Gasteiger partial charge in [0.15, 0.2) is 16.6 Å². The van der Waals surface area contributed by atoms with E-state index in [4.69, 9.17) is 25.2 Å². The van der Waals surface area contributed by atoms with Crippen molar-refractivity contribution in [2.24, 2.45) is 0 Å². The Bertz CT molecular complexity index is 634. The molecule has 6 heteroatoms. The van der Waals surface area contributed by atoms with Crippen LogP contribution in [0.2, 0.25) is 41.3 Å². The van der Waals surface area contributed by atoms with Gasteiger partial charge in [-0.05, 0) is 67.3 Å². The van der Waals surface area contributed by atoms with Crippen LogP contribution < -0.4 is 4.74 Å². The molecule has 0 amide bonds. The minimum Gasteiger partial charge on any atom is -0.488 e. The normalized spacial score (nSPS) is 14.7. The second-order valence-electron chi connectivity index (χ2n) is 11.0. The monoisotopic (exact) mass is 458 g/mol. The van der Waals surface area contributed by atoms with Crippen molar-refractivity contribution in [3.63, 3.8) is 0 Å². The molecule has 1 rings (SSSR count). The summed E-state index contributed by atoms with van der Waals surface area (Å²) in [6.07, 6.45) is 1.85. The van der Waals surface area contributed by atoms with Crippen molar-refractivity contribution in [1.82, 2.24) is 0 Å². The molecule has 0 radical (unpaired) electrons. The van der Waals surface area contributed by atoms with Gasteiger partial charge in [-0.1, -0.05) is 59.2 Å². The fourth-order valence-electron chi connectivity index (χ4n) is 2.28. The van der Waals surface area contributed by atoms with Crippen molar-refractivity contribution in [3.8, 4) is 5.75 Å². The molecule has 3 nitrogen and oxygen atoms in total. The Labute approximate surface area is 186 Å². The Hall–Kier alpha value is -0.336. The third-order valence-corrected chi connectivity index (χ3v) is 15.7. The molecule has 0 fully saturated rings. The van der Waals surface area contributed by atoms with E-state index in [0.29, 0.717) is 11.6 Å². The minimum absolute atomic E-state index is 0.00870. The van der Waals surface area contributed by atoms with Gasteiger partial charge in [-0.3, -0.25) is 0 Å². The Balaban J connectivity index is 2.72. The van der Waals surface area contributed by atoms with Gasteiger partial charge >= 0.3 is 0 Å². The van der Waals surface area contributed by atoms with Gasteiger partial charge in [0.25, 0.3) is 0 Å². The van der Waals surface area contributed by atoms with Crippen molar-refractivity contribution in [2.45, 2.75) is 96.8 Å². The van der Waals surface area contributed by atoms with Crippen LogP contribution in [-0.4, -0.2) is 36.0 Å². The van der Waals surface area contributed by atoms with E-state index >= 15 is 0 Å². The van der Waals surface area contributed by atoms with E-state index in [1.165, 1.54) is 0 Å². The number of benzene rings is 1. The van der Waals surface area contributed by atoms with Gasteiger partial charge in [0.2, 0.25) is 0 Å². The number of hydrogen-bond donors (Lipinski definition) is 0. The second-order valence-corrected chi connectivity index (χ2v) is 21.1. The summed E-state index contributed by atoms with van der Waals surface area (Å²) in [5.74, 6) is 0.798. The van der Waals surface area contributed by atoms with Crippen LogP contribution in [0.25, 0.3) is 0 Å². The lowest BCUT2D eigenvalue weighted by Crippen LogP contribution is -2.43. The van der Waals surface area contributed by atoms with Gasteiger partial charge in [0.05, 0.1) is 6.61 Å². The summed E-state index contributed by atoms with van der Waals surface area (Å²) in [6.45, 7) is 24.1. The van der Waals surface area contributed by atoms with E-state index in [-0.39, 0.29) is 16.2 Å². The highest BCUT2D eigenvalue weighted by Gasteiger charge is 2.38. The van der Waals surface area contributed by atoms with Crippen LogP contribution in [0.3, 0.4) is 0 Å². The molecule has 0 aliphatic carbocycles. The third-order valence-electron chi connectivity index (χ3n) is 6.47. The molecule has 0 spiro atoms. The number of hydrogen-bond acceptors (Lipinski definition) is 3. The lowest BCUT2D eigenvalue weighted by atomic mass is 10.2. The van der Waals surface area contributed by atoms with Crippen LogP contribution in [0.1, 0.15) is 54.4 Å². The summed E-state index contributed by atoms with van der Waals surface area (Å²) < 4.78 is 19.1. The van der Waals surface area contributed by atoms with E-state index in [9.17, 15) is 0 Å². The Morgan fingerprint density at radius 2 is 1.45 bits per heavy atom. The molecule has 0 aliphatic rings. The molecule has 0 N–H and O–H groups in total. The van der Waals surface area contributed by atoms with Crippen LogP contribution in [-0.2, 0) is 8.85 Å². The zero-order valence-corrected chi connectivity index (χ0v) is 23.1. The molecule has 0 heterocycles. The predicted molar refractivity (Wildman–Crippen MR) is 131 cm³/mol. The molecule has 0 unspecified atom stereocenters. The first-order chi connectivity index (χ1) is 13.1. The number of rotatable bonds is 10. The van der Waals surface area contributed by atoms with Crippen molar-refractivity contribution in [3.05, 3.63) is 29.3 Å². The van der Waals surface area contributed by atoms with Crippen LogP contribution in [0, 0.1) is 0 Å². The molecule has 0 saturated heterocycles. The van der Waals surface area contributed by atoms with Crippen LogP contribution in [0.4, 0.5) is 0 Å². The number of halogens is 1. The Morgan fingerprint density at radius 3 is 1.97 bits per heavy atom. The molecular weight excluding hydrogens is 416 g/mol. The van der Waals surface area contributed by atoms with E-state index in [1.807, 2.05) is 24.3 Å². The quantitative estimate of drug-likeness (QED) is 0.263. The van der Waals surface area contributed by atoms with E-state index in [0.717, 1.165) is 25.2 Å². The van der Waals surface area contributed by atoms with Gasteiger partial charge < -0.3 is 13.6 Å². The molecule has 1 aromatic rings. The van der Waals surface area contributed by atoms with Crippen LogP contribution in [0.15, 0.2) is 24.3 Å². The van der Waals surface area contributed by atoms with Crippen molar-refractivity contribution >= 4 is 28.2 Å². The Morgan fingerprint density at radius 1 is 0.897 bits per heavy atom. The molecule has 29 heavy (non-hydrogen) atoms. The summed E-state index contributed by atoms with van der Waals surface area (Å²) in [5.41, 5.74) is 0. The average molecular weight is 459 g/mol. The lowest BCUT2D eigenvalue weighted by molar-refractivity contribution is 0.106. The third kappa shape index (κ3) is 8.74. The Kier molecular flexibility index (Phi) is 9.50. The van der Waals surface area contributed by atoms with Crippen molar-refractivity contribution < 1.29 is 13.6 Å². The van der Waals surface area contributed by atoms with Gasteiger partial charge in [-0.2, -0.15) is 0 Å². The molecule has 0 bridgehead atoms. The van der Waals surface area contributed by atoms with E-state index in [1.54, 1.807) is 0 Å². The SMILES string of the molecule is CC(C)(C)[Si](C)(C)OCCC[C@@H](CO[Si](C)(C)C(C)(C)C)Oc1cccc(Cl)c1. The summed E-state index contributed by atoms with van der Waals surface area (Å²) >= 11 is 6.14. The maximum Gasteiger partial charge on any atom is 0.192 e. The molecular formula is C23H43ClO3Si2. The standard InChI is InChI=1S/C23H43ClO3Si2/c1-22(2,3)28(7,8)25-16-12-15-21(18-26-29(9,10)23(4,5)6)27-20-14-11-13-19(24)17-20/h11,13-14,17,21H,12,15-16,18H2,1-10H3/t21-/m0/s1. The largest absolute Gasteiger partial charge is 0.488 e. The molecule has 0 aromatic heterocycles. The zero-order chi connectivity index (χ0) is 22.5. The first-order valence-corrected chi connectivity index (χ1v) is 16.9. The maximum atomic E-state index is 6.46. The van der Waals surface area contributed by atoms with Crippen molar-refractivity contribution in [2.75, 3.05) is 13.2 Å². The fourth-order valence-corrected chi connectivity index (χ4v) is 4.59. The van der Waals surface area contributed by atoms with Gasteiger partial charge in [-0.25, -0.2) is 0 Å². The fraction of sp³-hybridized carbons (Fsp3) is 0.739. The average Bonchev–Trinajstić information content (AvgIpc) is 2.54. The summed E-state index contributed by atoms with van der Waals surface area (Å²) in [6, 6.07) is 7.61. The summed E-state index contributed by atoms with van der Waals surface area (Å²) in [5, 5.41) is 1.10. The first kappa shape index (κ1) is 26.7. The first-order valence-electron chi connectivity index (χ1n) is 10.8. The molecule has 0 saturated carbocycles. The molecule has 1 aromatic carbocycles. The smallest absolute Gasteiger partial charge is 0.192 e. The zero-order valence-electron chi connectivity index (χ0n) is 20.3.